The third-order valence-electron chi connectivity index (χ3n) is 5.66. The first-order valence-corrected chi connectivity index (χ1v) is 13.8. The molecule has 0 spiro atoms. The Morgan fingerprint density at radius 2 is 1.52 bits per heavy atom. The van der Waals surface area contributed by atoms with Crippen molar-refractivity contribution in [3.63, 3.8) is 0 Å². The molecule has 12 heteroatoms. The third-order valence-corrected chi connectivity index (χ3v) is 5.66. The van der Waals surface area contributed by atoms with E-state index in [1.54, 1.807) is 51.1 Å². The first kappa shape index (κ1) is 35.7. The van der Waals surface area contributed by atoms with Crippen molar-refractivity contribution in [2.75, 3.05) is 13.2 Å². The minimum atomic E-state index is -1.24. The molecule has 0 aliphatic rings. The van der Waals surface area contributed by atoms with E-state index in [0.29, 0.717) is 25.2 Å². The molecule has 0 saturated heterocycles. The van der Waals surface area contributed by atoms with E-state index in [2.05, 4.69) is 34.4 Å². The minimum Gasteiger partial charge on any atom is -0.490 e. The summed E-state index contributed by atoms with van der Waals surface area (Å²) in [7, 11) is 0. The molecule has 0 fully saturated rings. The van der Waals surface area contributed by atoms with E-state index < -0.39 is 53.5 Å². The highest BCUT2D eigenvalue weighted by molar-refractivity contribution is 5.93. The van der Waals surface area contributed by atoms with Gasteiger partial charge in [0.2, 0.25) is 17.7 Å². The molecule has 5 N–H and O–H groups in total. The number of ether oxygens (including phenoxy) is 2. The molecule has 0 unspecified atom stereocenters. The van der Waals surface area contributed by atoms with Crippen LogP contribution in [0.25, 0.3) is 0 Å². The van der Waals surface area contributed by atoms with Gasteiger partial charge in [-0.3, -0.25) is 14.4 Å². The Bertz CT molecular complexity index is 1080. The summed E-state index contributed by atoms with van der Waals surface area (Å²) in [5.41, 5.74) is 0.0936. The maximum absolute atomic E-state index is 13.3. The molecule has 4 amide bonds. The van der Waals surface area contributed by atoms with Crippen LogP contribution in [-0.2, 0) is 30.3 Å². The topological polar surface area (TPSA) is 172 Å². The number of carboxylic acid groups (broad SMARTS) is 1. The number of unbranched alkanes of at least 4 members (excludes halogenated alkanes) is 1. The van der Waals surface area contributed by atoms with Crippen LogP contribution in [0.4, 0.5) is 4.79 Å². The zero-order chi connectivity index (χ0) is 31.7. The fourth-order valence-electron chi connectivity index (χ4n) is 3.75. The second-order valence-electron chi connectivity index (χ2n) is 10.6. The Morgan fingerprint density at radius 1 is 0.905 bits per heavy atom. The van der Waals surface area contributed by atoms with Crippen LogP contribution in [0.15, 0.2) is 49.6 Å². The van der Waals surface area contributed by atoms with Crippen molar-refractivity contribution >= 4 is 29.8 Å². The van der Waals surface area contributed by atoms with E-state index in [1.807, 2.05) is 0 Å². The van der Waals surface area contributed by atoms with E-state index >= 15 is 0 Å². The molecule has 1 aromatic rings. The molecular weight excluding hydrogens is 544 g/mol. The molecule has 12 nitrogen and oxygen atoms in total. The van der Waals surface area contributed by atoms with Crippen molar-refractivity contribution in [2.45, 2.75) is 83.5 Å². The van der Waals surface area contributed by atoms with Crippen LogP contribution in [-0.4, -0.2) is 71.8 Å². The summed E-state index contributed by atoms with van der Waals surface area (Å²) in [4.78, 5) is 61.8. The van der Waals surface area contributed by atoms with E-state index in [9.17, 15) is 29.1 Å². The summed E-state index contributed by atoms with van der Waals surface area (Å²) in [5, 5.41) is 19.8. The van der Waals surface area contributed by atoms with Gasteiger partial charge in [0.15, 0.2) is 0 Å². The van der Waals surface area contributed by atoms with Gasteiger partial charge in [-0.15, -0.1) is 6.58 Å². The molecular formula is C30H44N4O8. The van der Waals surface area contributed by atoms with Crippen LogP contribution in [0.5, 0.6) is 5.75 Å². The highest BCUT2D eigenvalue weighted by Crippen LogP contribution is 2.14. The SMILES string of the molecule is C=CCOc1ccc(C[C@H](NC(C)=O)C(=O)N[C@H](CCCCNC(=O)OC(C)(C)C)C(=O)N[C@@H](CC=C)C(=O)O)cc1. The minimum absolute atomic E-state index is 0.0113. The Kier molecular flexibility index (Phi) is 15.4. The molecule has 1 aromatic carbocycles. The number of carbonyl (C=O) groups is 5. The molecule has 1 rings (SSSR count). The van der Waals surface area contributed by atoms with Crippen molar-refractivity contribution in [3.05, 3.63) is 55.1 Å². The molecule has 3 atom stereocenters. The Labute approximate surface area is 247 Å². The summed E-state index contributed by atoms with van der Waals surface area (Å²) in [5.74, 6) is -2.37. The number of rotatable bonds is 18. The van der Waals surface area contributed by atoms with Gasteiger partial charge in [0, 0.05) is 19.9 Å². The van der Waals surface area contributed by atoms with E-state index in [1.165, 1.54) is 13.0 Å². The largest absolute Gasteiger partial charge is 0.490 e. The quantitative estimate of drug-likeness (QED) is 0.129. The first-order chi connectivity index (χ1) is 19.7. The number of carbonyl (C=O) groups excluding carboxylic acids is 4. The Morgan fingerprint density at radius 3 is 2.07 bits per heavy atom. The van der Waals surface area contributed by atoms with Gasteiger partial charge in [-0.05, 0) is 64.2 Å². The van der Waals surface area contributed by atoms with Crippen molar-refractivity contribution in [1.29, 1.82) is 0 Å². The lowest BCUT2D eigenvalue weighted by molar-refractivity contribution is -0.142. The Hall–Kier alpha value is -4.35. The second kappa shape index (κ2) is 18.2. The van der Waals surface area contributed by atoms with Gasteiger partial charge in [-0.2, -0.15) is 0 Å². The first-order valence-electron chi connectivity index (χ1n) is 13.8. The molecule has 0 aliphatic carbocycles. The second-order valence-corrected chi connectivity index (χ2v) is 10.6. The van der Waals surface area contributed by atoms with Gasteiger partial charge in [0.25, 0.3) is 0 Å². The van der Waals surface area contributed by atoms with Crippen LogP contribution in [0.3, 0.4) is 0 Å². The number of hydrogen-bond acceptors (Lipinski definition) is 7. The molecule has 0 saturated carbocycles. The normalized spacial score (nSPS) is 13.0. The molecule has 0 bridgehead atoms. The lowest BCUT2D eigenvalue weighted by Gasteiger charge is -2.24. The molecule has 0 aromatic heterocycles. The predicted molar refractivity (Wildman–Crippen MR) is 158 cm³/mol. The van der Waals surface area contributed by atoms with E-state index in [4.69, 9.17) is 9.47 Å². The van der Waals surface area contributed by atoms with E-state index in [0.717, 1.165) is 5.56 Å². The molecule has 0 radical (unpaired) electrons. The van der Waals surface area contributed by atoms with Crippen molar-refractivity contribution in [2.24, 2.45) is 0 Å². The number of hydrogen-bond donors (Lipinski definition) is 5. The highest BCUT2D eigenvalue weighted by Gasteiger charge is 2.29. The number of benzene rings is 1. The smallest absolute Gasteiger partial charge is 0.407 e. The van der Waals surface area contributed by atoms with Crippen LogP contribution in [0.2, 0.25) is 0 Å². The third kappa shape index (κ3) is 14.9. The lowest BCUT2D eigenvalue weighted by atomic mass is 10.0. The van der Waals surface area contributed by atoms with Gasteiger partial charge in [0.05, 0.1) is 0 Å². The average molecular weight is 589 g/mol. The standard InChI is InChI=1S/C30H44N4O8/c1-7-11-24(28(38)39)34-26(36)23(12-9-10-17-31-29(40)42-30(4,5)6)33-27(37)25(32-20(3)35)19-21-13-15-22(16-14-21)41-18-8-2/h7-8,13-16,23-25H,1-2,9-12,17-19H2,3-6H3,(H,31,40)(H,32,35)(H,33,37)(H,34,36)(H,38,39)/t23-,24+,25+/m1/s1. The average Bonchev–Trinajstić information content (AvgIpc) is 2.89. The molecule has 0 aliphatic heterocycles. The monoisotopic (exact) mass is 588 g/mol. The van der Waals surface area contributed by atoms with Gasteiger partial charge in [0.1, 0.15) is 36.1 Å². The fraction of sp³-hybridized carbons (Fsp3) is 0.500. The van der Waals surface area contributed by atoms with Crippen LogP contribution in [0.1, 0.15) is 58.9 Å². The molecule has 0 heterocycles. The number of nitrogens with one attached hydrogen (secondary N) is 4. The number of amides is 4. The summed E-state index contributed by atoms with van der Waals surface area (Å²) in [6, 6.07) is 3.65. The van der Waals surface area contributed by atoms with Gasteiger partial charge < -0.3 is 35.8 Å². The predicted octanol–water partition coefficient (Wildman–Crippen LogP) is 2.62. The van der Waals surface area contributed by atoms with Crippen LogP contribution < -0.4 is 26.0 Å². The summed E-state index contributed by atoms with van der Waals surface area (Å²) in [6.07, 6.45) is 3.56. The summed E-state index contributed by atoms with van der Waals surface area (Å²) in [6.45, 7) is 14.3. The van der Waals surface area contributed by atoms with Gasteiger partial charge in [-0.25, -0.2) is 9.59 Å². The molecule has 42 heavy (non-hydrogen) atoms. The van der Waals surface area contributed by atoms with Crippen molar-refractivity contribution in [1.82, 2.24) is 21.3 Å². The number of alkyl carbamates (subject to hydrolysis) is 1. The van der Waals surface area contributed by atoms with Crippen molar-refractivity contribution in [3.8, 4) is 5.75 Å². The van der Waals surface area contributed by atoms with Crippen LogP contribution >= 0.6 is 0 Å². The van der Waals surface area contributed by atoms with E-state index in [-0.39, 0.29) is 25.8 Å². The van der Waals surface area contributed by atoms with Gasteiger partial charge in [-0.1, -0.05) is 30.9 Å². The zero-order valence-corrected chi connectivity index (χ0v) is 24.9. The van der Waals surface area contributed by atoms with Crippen LogP contribution in [0, 0.1) is 0 Å². The molecule has 232 valence electrons. The Balaban J connectivity index is 2.97. The highest BCUT2D eigenvalue weighted by atomic mass is 16.6. The lowest BCUT2D eigenvalue weighted by Crippen LogP contribution is -2.56. The summed E-state index contributed by atoms with van der Waals surface area (Å²) < 4.78 is 10.7. The van der Waals surface area contributed by atoms with Gasteiger partial charge >= 0.3 is 12.1 Å². The maximum Gasteiger partial charge on any atom is 0.407 e. The van der Waals surface area contributed by atoms with Crippen molar-refractivity contribution < 1.29 is 38.6 Å². The maximum atomic E-state index is 13.3. The summed E-state index contributed by atoms with van der Waals surface area (Å²) >= 11 is 0. The zero-order valence-electron chi connectivity index (χ0n) is 24.9. The number of aliphatic carboxylic acids is 1. The fourth-order valence-corrected chi connectivity index (χ4v) is 3.75. The number of carboxylic acids is 1.